The summed E-state index contributed by atoms with van der Waals surface area (Å²) in [6.45, 7) is 2.37. The van der Waals surface area contributed by atoms with Crippen LogP contribution in [0.3, 0.4) is 0 Å². The van der Waals surface area contributed by atoms with Crippen molar-refractivity contribution in [3.8, 4) is 5.75 Å². The van der Waals surface area contributed by atoms with Crippen LogP contribution in [0.1, 0.15) is 29.0 Å². The summed E-state index contributed by atoms with van der Waals surface area (Å²) in [5.74, 6) is 1.40. The Morgan fingerprint density at radius 3 is 2.70 bits per heavy atom. The van der Waals surface area contributed by atoms with Crippen molar-refractivity contribution in [2.24, 2.45) is 0 Å². The monoisotopic (exact) mass is 406 g/mol. The molecule has 3 aromatic rings. The van der Waals surface area contributed by atoms with E-state index in [1.807, 2.05) is 33.7 Å². The Morgan fingerprint density at radius 2 is 1.90 bits per heavy atom. The minimum Gasteiger partial charge on any atom is -0.497 e. The quantitative estimate of drug-likeness (QED) is 0.654. The van der Waals surface area contributed by atoms with E-state index in [-0.39, 0.29) is 18.4 Å². The SMILES string of the molecule is COc1cccc(C(=O)NCCc2nc3ccccc3n2CC(=O)N2CCCC2)c1. The molecule has 4 rings (SSSR count). The van der Waals surface area contributed by atoms with E-state index in [0.29, 0.717) is 24.3 Å². The van der Waals surface area contributed by atoms with E-state index in [0.717, 1.165) is 42.8 Å². The normalized spacial score (nSPS) is 13.6. The summed E-state index contributed by atoms with van der Waals surface area (Å²) in [7, 11) is 1.57. The number of fused-ring (bicyclic) bond motifs is 1. The van der Waals surface area contributed by atoms with E-state index in [2.05, 4.69) is 5.32 Å². The first-order valence-corrected chi connectivity index (χ1v) is 10.3. The Morgan fingerprint density at radius 1 is 1.10 bits per heavy atom. The van der Waals surface area contributed by atoms with Crippen LogP contribution in [0.25, 0.3) is 11.0 Å². The van der Waals surface area contributed by atoms with Gasteiger partial charge in [0.05, 0.1) is 18.1 Å². The number of carbonyl (C=O) groups is 2. The Hall–Kier alpha value is -3.35. The van der Waals surface area contributed by atoms with Crippen LogP contribution in [0, 0.1) is 0 Å². The van der Waals surface area contributed by atoms with Crippen molar-refractivity contribution in [1.29, 1.82) is 0 Å². The summed E-state index contributed by atoms with van der Waals surface area (Å²) >= 11 is 0. The van der Waals surface area contributed by atoms with Crippen molar-refractivity contribution in [2.45, 2.75) is 25.8 Å². The van der Waals surface area contributed by atoms with Gasteiger partial charge in [-0.1, -0.05) is 18.2 Å². The van der Waals surface area contributed by atoms with Gasteiger partial charge in [-0.05, 0) is 43.2 Å². The number of imidazole rings is 1. The second-order valence-electron chi connectivity index (χ2n) is 7.43. The van der Waals surface area contributed by atoms with E-state index in [1.165, 1.54) is 0 Å². The van der Waals surface area contributed by atoms with Gasteiger partial charge >= 0.3 is 0 Å². The molecule has 0 saturated carbocycles. The van der Waals surface area contributed by atoms with Gasteiger partial charge in [0.1, 0.15) is 18.1 Å². The standard InChI is InChI=1S/C23H26N4O3/c1-30-18-8-6-7-17(15-18)23(29)24-12-11-21-25-19-9-2-3-10-20(19)27(21)16-22(28)26-13-4-5-14-26/h2-3,6-10,15H,4-5,11-14,16H2,1H3,(H,24,29). The van der Waals surface area contributed by atoms with E-state index >= 15 is 0 Å². The Labute approximate surface area is 175 Å². The summed E-state index contributed by atoms with van der Waals surface area (Å²) in [4.78, 5) is 31.8. The molecule has 1 aromatic heterocycles. The minimum atomic E-state index is -0.162. The van der Waals surface area contributed by atoms with Crippen LogP contribution in [-0.2, 0) is 17.8 Å². The molecule has 7 nitrogen and oxygen atoms in total. The summed E-state index contributed by atoms with van der Waals surface area (Å²) < 4.78 is 7.16. The molecule has 2 amide bonds. The van der Waals surface area contributed by atoms with E-state index in [4.69, 9.17) is 9.72 Å². The predicted molar refractivity (Wildman–Crippen MR) is 115 cm³/mol. The van der Waals surface area contributed by atoms with Crippen molar-refractivity contribution in [3.05, 3.63) is 59.9 Å². The maximum Gasteiger partial charge on any atom is 0.251 e. The molecule has 0 atom stereocenters. The Bertz CT molecular complexity index is 1050. The molecule has 2 aromatic carbocycles. The van der Waals surface area contributed by atoms with Gasteiger partial charge in [-0.3, -0.25) is 9.59 Å². The zero-order valence-corrected chi connectivity index (χ0v) is 17.1. The smallest absolute Gasteiger partial charge is 0.251 e. The van der Waals surface area contributed by atoms with Crippen LogP contribution in [0.4, 0.5) is 0 Å². The van der Waals surface area contributed by atoms with Gasteiger partial charge < -0.3 is 19.5 Å². The molecule has 1 saturated heterocycles. The molecular formula is C23H26N4O3. The molecule has 1 N–H and O–H groups in total. The highest BCUT2D eigenvalue weighted by Crippen LogP contribution is 2.18. The highest BCUT2D eigenvalue weighted by Gasteiger charge is 2.20. The number of amides is 2. The summed E-state index contributed by atoms with van der Waals surface area (Å²) in [6, 6.07) is 14.9. The predicted octanol–water partition coefficient (Wildman–Crippen LogP) is 2.64. The number of hydrogen-bond donors (Lipinski definition) is 1. The molecule has 1 aliphatic heterocycles. The number of ether oxygens (including phenoxy) is 1. The van der Waals surface area contributed by atoms with Gasteiger partial charge in [0.15, 0.2) is 0 Å². The molecule has 156 valence electrons. The van der Waals surface area contributed by atoms with Crippen molar-refractivity contribution in [2.75, 3.05) is 26.7 Å². The van der Waals surface area contributed by atoms with Gasteiger partial charge in [0, 0.05) is 31.6 Å². The molecule has 0 unspecified atom stereocenters. The lowest BCUT2D eigenvalue weighted by Crippen LogP contribution is -2.32. The fourth-order valence-electron chi connectivity index (χ4n) is 3.85. The topological polar surface area (TPSA) is 76.5 Å². The largest absolute Gasteiger partial charge is 0.497 e. The van der Waals surface area contributed by atoms with Gasteiger partial charge in [-0.2, -0.15) is 0 Å². The van der Waals surface area contributed by atoms with Crippen LogP contribution in [0.5, 0.6) is 5.75 Å². The summed E-state index contributed by atoms with van der Waals surface area (Å²) in [5.41, 5.74) is 2.35. The van der Waals surface area contributed by atoms with Crippen molar-refractivity contribution in [1.82, 2.24) is 19.8 Å². The number of rotatable bonds is 7. The van der Waals surface area contributed by atoms with Gasteiger partial charge in [0.2, 0.25) is 5.91 Å². The lowest BCUT2D eigenvalue weighted by atomic mass is 10.2. The number of hydrogen-bond acceptors (Lipinski definition) is 4. The zero-order valence-electron chi connectivity index (χ0n) is 17.1. The second-order valence-corrected chi connectivity index (χ2v) is 7.43. The maximum absolute atomic E-state index is 12.7. The number of para-hydroxylation sites is 2. The number of likely N-dealkylation sites (tertiary alicyclic amines) is 1. The maximum atomic E-state index is 12.7. The Balaban J connectivity index is 1.46. The molecule has 0 bridgehead atoms. The van der Waals surface area contributed by atoms with E-state index < -0.39 is 0 Å². The zero-order chi connectivity index (χ0) is 20.9. The number of methoxy groups -OCH3 is 1. The lowest BCUT2D eigenvalue weighted by molar-refractivity contribution is -0.130. The highest BCUT2D eigenvalue weighted by atomic mass is 16.5. The third-order valence-electron chi connectivity index (χ3n) is 5.45. The first-order chi connectivity index (χ1) is 14.7. The number of benzene rings is 2. The Kier molecular flexibility index (Phi) is 5.97. The fourth-order valence-corrected chi connectivity index (χ4v) is 3.85. The average molecular weight is 406 g/mol. The molecule has 7 heteroatoms. The van der Waals surface area contributed by atoms with Crippen LogP contribution in [0.2, 0.25) is 0 Å². The minimum absolute atomic E-state index is 0.123. The van der Waals surface area contributed by atoms with E-state index in [9.17, 15) is 9.59 Å². The van der Waals surface area contributed by atoms with Crippen LogP contribution in [-0.4, -0.2) is 53.0 Å². The molecule has 1 aliphatic rings. The first kappa shape index (κ1) is 19.9. The average Bonchev–Trinajstić information content (AvgIpc) is 3.43. The van der Waals surface area contributed by atoms with Crippen LogP contribution in [0.15, 0.2) is 48.5 Å². The van der Waals surface area contributed by atoms with E-state index in [1.54, 1.807) is 31.4 Å². The second kappa shape index (κ2) is 8.98. The summed E-state index contributed by atoms with van der Waals surface area (Å²) in [5, 5.41) is 2.94. The number of aromatic nitrogens is 2. The molecule has 0 radical (unpaired) electrons. The lowest BCUT2D eigenvalue weighted by Gasteiger charge is -2.17. The molecular weight excluding hydrogens is 380 g/mol. The first-order valence-electron chi connectivity index (χ1n) is 10.3. The number of carbonyl (C=O) groups excluding carboxylic acids is 2. The van der Waals surface area contributed by atoms with Crippen molar-refractivity contribution >= 4 is 22.8 Å². The number of nitrogens with zero attached hydrogens (tertiary/aromatic N) is 3. The molecule has 30 heavy (non-hydrogen) atoms. The van der Waals surface area contributed by atoms with Crippen LogP contribution < -0.4 is 10.1 Å². The molecule has 0 aliphatic carbocycles. The molecule has 2 heterocycles. The van der Waals surface area contributed by atoms with Crippen molar-refractivity contribution < 1.29 is 14.3 Å². The number of nitrogens with one attached hydrogen (secondary N) is 1. The van der Waals surface area contributed by atoms with Gasteiger partial charge in [-0.25, -0.2) is 4.98 Å². The van der Waals surface area contributed by atoms with Gasteiger partial charge in [-0.15, -0.1) is 0 Å². The fraction of sp³-hybridized carbons (Fsp3) is 0.348. The summed E-state index contributed by atoms with van der Waals surface area (Å²) in [6.07, 6.45) is 2.68. The van der Waals surface area contributed by atoms with Crippen LogP contribution >= 0.6 is 0 Å². The van der Waals surface area contributed by atoms with Crippen molar-refractivity contribution in [3.63, 3.8) is 0 Å². The van der Waals surface area contributed by atoms with Gasteiger partial charge in [0.25, 0.3) is 5.91 Å². The third kappa shape index (κ3) is 4.30. The highest BCUT2D eigenvalue weighted by molar-refractivity contribution is 5.94. The molecule has 1 fully saturated rings. The molecule has 0 spiro atoms. The third-order valence-corrected chi connectivity index (χ3v) is 5.45.